The molecule has 0 unspecified atom stereocenters. The Labute approximate surface area is 119 Å². The minimum atomic E-state index is -3.55. The summed E-state index contributed by atoms with van der Waals surface area (Å²) in [6.07, 6.45) is 4.07. The van der Waals surface area contributed by atoms with E-state index in [1.165, 1.54) is 22.9 Å². The van der Waals surface area contributed by atoms with Gasteiger partial charge < -0.3 is 4.18 Å². The maximum atomic E-state index is 11.5. The molecule has 0 spiro atoms. The van der Waals surface area contributed by atoms with Crippen molar-refractivity contribution in [3.05, 3.63) is 47.1 Å². The van der Waals surface area contributed by atoms with Crippen LogP contribution in [-0.2, 0) is 10.1 Å². The Morgan fingerprint density at radius 2 is 1.95 bits per heavy atom. The number of imidazole rings is 1. The highest BCUT2D eigenvalue weighted by Gasteiger charge is 2.08. The lowest BCUT2D eigenvalue weighted by Crippen LogP contribution is -2.10. The molecule has 0 saturated heterocycles. The number of aromatic amines is 1. The van der Waals surface area contributed by atoms with E-state index in [0.29, 0.717) is 5.69 Å². The lowest BCUT2D eigenvalue weighted by molar-refractivity contribution is 0.493. The lowest BCUT2D eigenvalue weighted by Gasteiger charge is -2.03. The molecule has 21 heavy (non-hydrogen) atoms. The molecule has 0 fully saturated rings. The summed E-state index contributed by atoms with van der Waals surface area (Å²) in [7, 11) is -3.55. The monoisotopic (exact) mass is 306 g/mol. The standard InChI is InChI=1S/C12H10N4O4S/c1-21(18,19)20-9-4-2-8(3-5-9)10-6-16-7-13-15-12(17)11(16)14-10/h2-7H,1H3,(H,15,17). The molecule has 0 aliphatic carbocycles. The fourth-order valence-electron chi connectivity index (χ4n) is 1.84. The van der Waals surface area contributed by atoms with Crippen molar-refractivity contribution in [1.29, 1.82) is 0 Å². The van der Waals surface area contributed by atoms with Crippen LogP contribution >= 0.6 is 0 Å². The van der Waals surface area contributed by atoms with Crippen LogP contribution in [0.5, 0.6) is 5.75 Å². The van der Waals surface area contributed by atoms with E-state index in [0.717, 1.165) is 11.8 Å². The molecule has 1 N–H and O–H groups in total. The number of rotatable bonds is 3. The molecule has 8 nitrogen and oxygen atoms in total. The highest BCUT2D eigenvalue weighted by Crippen LogP contribution is 2.22. The van der Waals surface area contributed by atoms with Gasteiger partial charge in [-0.25, -0.2) is 10.1 Å². The summed E-state index contributed by atoms with van der Waals surface area (Å²) in [5.74, 6) is 0.213. The largest absolute Gasteiger partial charge is 0.383 e. The number of aromatic nitrogens is 4. The number of fused-ring (bicyclic) bond motifs is 1. The normalized spacial score (nSPS) is 11.7. The van der Waals surface area contributed by atoms with Gasteiger partial charge in [0.25, 0.3) is 0 Å². The first-order chi connectivity index (χ1) is 9.92. The summed E-state index contributed by atoms with van der Waals surface area (Å²) >= 11 is 0. The summed E-state index contributed by atoms with van der Waals surface area (Å²) in [5, 5.41) is 5.97. The van der Waals surface area contributed by atoms with E-state index >= 15 is 0 Å². The Morgan fingerprint density at radius 3 is 2.57 bits per heavy atom. The molecule has 2 heterocycles. The van der Waals surface area contributed by atoms with Gasteiger partial charge in [0.1, 0.15) is 12.1 Å². The molecule has 0 aliphatic heterocycles. The van der Waals surface area contributed by atoms with Gasteiger partial charge >= 0.3 is 15.7 Å². The smallest absolute Gasteiger partial charge is 0.307 e. The molecule has 0 bridgehead atoms. The molecule has 0 saturated carbocycles. The van der Waals surface area contributed by atoms with Crippen LogP contribution in [-0.4, -0.2) is 34.3 Å². The number of H-pyrrole nitrogens is 1. The van der Waals surface area contributed by atoms with Crippen molar-refractivity contribution in [2.24, 2.45) is 0 Å². The number of nitrogens with zero attached hydrogens (tertiary/aromatic N) is 3. The molecule has 3 aromatic rings. The molecule has 108 valence electrons. The third-order valence-electron chi connectivity index (χ3n) is 2.68. The zero-order valence-electron chi connectivity index (χ0n) is 10.8. The minimum Gasteiger partial charge on any atom is -0.383 e. The van der Waals surface area contributed by atoms with Gasteiger partial charge in [-0.15, -0.1) is 0 Å². The van der Waals surface area contributed by atoms with Crippen LogP contribution < -0.4 is 9.74 Å². The van der Waals surface area contributed by atoms with E-state index in [4.69, 9.17) is 4.18 Å². The second-order valence-electron chi connectivity index (χ2n) is 4.35. The van der Waals surface area contributed by atoms with Gasteiger partial charge in [-0.05, 0) is 24.3 Å². The van der Waals surface area contributed by atoms with E-state index in [2.05, 4.69) is 15.2 Å². The van der Waals surface area contributed by atoms with Crippen molar-refractivity contribution in [2.45, 2.75) is 0 Å². The highest BCUT2D eigenvalue weighted by molar-refractivity contribution is 7.86. The first-order valence-electron chi connectivity index (χ1n) is 5.85. The lowest BCUT2D eigenvalue weighted by atomic mass is 10.2. The maximum Gasteiger partial charge on any atom is 0.307 e. The van der Waals surface area contributed by atoms with Crippen LogP contribution in [0, 0.1) is 0 Å². The Bertz CT molecular complexity index is 957. The van der Waals surface area contributed by atoms with Crippen molar-refractivity contribution in [1.82, 2.24) is 19.6 Å². The Balaban J connectivity index is 1.99. The van der Waals surface area contributed by atoms with E-state index in [-0.39, 0.29) is 17.0 Å². The fraction of sp³-hybridized carbons (Fsp3) is 0.0833. The molecular formula is C12H10N4O4S. The second kappa shape index (κ2) is 4.70. The summed E-state index contributed by atoms with van der Waals surface area (Å²) in [5.41, 5.74) is 1.13. The Kier molecular flexibility index (Phi) is 2.98. The van der Waals surface area contributed by atoms with Crippen molar-refractivity contribution in [3.8, 4) is 17.0 Å². The summed E-state index contributed by atoms with van der Waals surface area (Å²) < 4.78 is 28.3. The SMILES string of the molecule is CS(=O)(=O)Oc1ccc(-c2cn3cn[nH]c(=O)c3n2)cc1. The average Bonchev–Trinajstić information content (AvgIpc) is 2.83. The zero-order valence-corrected chi connectivity index (χ0v) is 11.7. The Hall–Kier alpha value is -2.68. The molecule has 3 rings (SSSR count). The molecule has 0 amide bonds. The molecule has 1 aromatic carbocycles. The van der Waals surface area contributed by atoms with Gasteiger partial charge in [0.15, 0.2) is 0 Å². The number of nitrogens with one attached hydrogen (secondary N) is 1. The van der Waals surface area contributed by atoms with Crippen LogP contribution in [0.25, 0.3) is 16.9 Å². The number of hydrogen-bond donors (Lipinski definition) is 1. The van der Waals surface area contributed by atoms with Crippen molar-refractivity contribution in [2.75, 3.05) is 6.26 Å². The van der Waals surface area contributed by atoms with Gasteiger partial charge in [-0.3, -0.25) is 9.20 Å². The van der Waals surface area contributed by atoms with E-state index in [1.807, 2.05) is 0 Å². The van der Waals surface area contributed by atoms with Crippen LogP contribution in [0.4, 0.5) is 0 Å². The van der Waals surface area contributed by atoms with E-state index in [9.17, 15) is 13.2 Å². The highest BCUT2D eigenvalue weighted by atomic mass is 32.2. The van der Waals surface area contributed by atoms with Crippen molar-refractivity contribution < 1.29 is 12.6 Å². The zero-order chi connectivity index (χ0) is 15.0. The second-order valence-corrected chi connectivity index (χ2v) is 5.93. The summed E-state index contributed by atoms with van der Waals surface area (Å²) in [6, 6.07) is 6.35. The van der Waals surface area contributed by atoms with E-state index in [1.54, 1.807) is 18.3 Å². The quantitative estimate of drug-likeness (QED) is 0.703. The average molecular weight is 306 g/mol. The molecule has 0 atom stereocenters. The van der Waals surface area contributed by atoms with E-state index < -0.39 is 10.1 Å². The maximum absolute atomic E-state index is 11.5. The number of benzene rings is 1. The summed E-state index contributed by atoms with van der Waals surface area (Å²) in [6.45, 7) is 0. The third kappa shape index (κ3) is 2.77. The van der Waals surface area contributed by atoms with Crippen LogP contribution in [0.2, 0.25) is 0 Å². The van der Waals surface area contributed by atoms with Crippen LogP contribution in [0.1, 0.15) is 0 Å². The van der Waals surface area contributed by atoms with Gasteiger partial charge in [0, 0.05) is 11.8 Å². The Morgan fingerprint density at radius 1 is 1.24 bits per heavy atom. The number of hydrogen-bond acceptors (Lipinski definition) is 6. The third-order valence-corrected chi connectivity index (χ3v) is 3.18. The molecule has 0 radical (unpaired) electrons. The summed E-state index contributed by atoms with van der Waals surface area (Å²) in [4.78, 5) is 15.8. The van der Waals surface area contributed by atoms with Crippen LogP contribution in [0.3, 0.4) is 0 Å². The first-order valence-corrected chi connectivity index (χ1v) is 7.66. The van der Waals surface area contributed by atoms with Gasteiger partial charge in [-0.1, -0.05) is 0 Å². The van der Waals surface area contributed by atoms with Crippen molar-refractivity contribution >= 4 is 15.8 Å². The molecular weight excluding hydrogens is 296 g/mol. The predicted octanol–water partition coefficient (Wildman–Crippen LogP) is 0.423. The van der Waals surface area contributed by atoms with Gasteiger partial charge in [0.2, 0.25) is 5.65 Å². The van der Waals surface area contributed by atoms with Gasteiger partial charge in [-0.2, -0.15) is 13.5 Å². The minimum absolute atomic E-state index is 0.213. The molecule has 9 heteroatoms. The first kappa shape index (κ1) is 13.3. The molecule has 0 aliphatic rings. The van der Waals surface area contributed by atoms with Gasteiger partial charge in [0.05, 0.1) is 11.9 Å². The molecule has 2 aromatic heterocycles. The van der Waals surface area contributed by atoms with Crippen LogP contribution in [0.15, 0.2) is 41.6 Å². The predicted molar refractivity (Wildman–Crippen MR) is 74.5 cm³/mol. The fourth-order valence-corrected chi connectivity index (χ4v) is 2.31. The topological polar surface area (TPSA) is 106 Å². The van der Waals surface area contributed by atoms with Crippen molar-refractivity contribution in [3.63, 3.8) is 0 Å².